The van der Waals surface area contributed by atoms with Crippen molar-refractivity contribution in [2.75, 3.05) is 20.1 Å². The number of hydrogen-bond donors (Lipinski definition) is 1. The molecule has 0 heterocycles. The summed E-state index contributed by atoms with van der Waals surface area (Å²) in [5.74, 6) is -1.35. The minimum absolute atomic E-state index is 0.119. The van der Waals surface area contributed by atoms with Crippen LogP contribution in [0.1, 0.15) is 38.5 Å². The Labute approximate surface area is 113 Å². The highest BCUT2D eigenvalue weighted by atomic mass is 16.2. The number of nitrogens with zero attached hydrogens (tertiary/aromatic N) is 2. The summed E-state index contributed by atoms with van der Waals surface area (Å²) in [7, 11) is 1.64. The fourth-order valence-corrected chi connectivity index (χ4v) is 2.37. The summed E-state index contributed by atoms with van der Waals surface area (Å²) in [5, 5.41) is 0. The second kappa shape index (κ2) is 7.89. The first kappa shape index (κ1) is 15.6. The zero-order chi connectivity index (χ0) is 14.3. The van der Waals surface area contributed by atoms with Crippen LogP contribution in [-0.2, 0) is 14.4 Å². The van der Waals surface area contributed by atoms with Crippen molar-refractivity contribution in [3.63, 3.8) is 0 Å². The predicted octanol–water partition coefficient (Wildman–Crippen LogP) is 0.111. The molecule has 0 unspecified atom stereocenters. The van der Waals surface area contributed by atoms with Crippen molar-refractivity contribution in [1.29, 1.82) is 0 Å². The number of carbonyl (C=O) groups is 3. The lowest BCUT2D eigenvalue weighted by atomic mass is 9.94. The summed E-state index contributed by atoms with van der Waals surface area (Å²) in [6.07, 6.45) is 6.12. The first-order chi connectivity index (χ1) is 9.11. The number of amides is 3. The molecule has 1 aliphatic rings. The largest absolute Gasteiger partial charge is 0.335 e. The molecule has 6 heteroatoms. The molecule has 0 atom stereocenters. The van der Waals surface area contributed by atoms with E-state index in [4.69, 9.17) is 5.73 Å². The minimum Gasteiger partial charge on any atom is -0.335 e. The molecule has 0 aliphatic heterocycles. The van der Waals surface area contributed by atoms with Crippen molar-refractivity contribution in [2.24, 2.45) is 5.73 Å². The van der Waals surface area contributed by atoms with E-state index >= 15 is 0 Å². The van der Waals surface area contributed by atoms with E-state index in [-0.39, 0.29) is 12.6 Å². The lowest BCUT2D eigenvalue weighted by molar-refractivity contribution is -0.154. The molecular weight excluding hydrogens is 246 g/mol. The molecule has 19 heavy (non-hydrogen) atoms. The summed E-state index contributed by atoms with van der Waals surface area (Å²) in [5.41, 5.74) is 5.34. The highest BCUT2D eigenvalue weighted by Gasteiger charge is 2.29. The van der Waals surface area contributed by atoms with E-state index < -0.39 is 11.8 Å². The van der Waals surface area contributed by atoms with Crippen molar-refractivity contribution in [3.8, 4) is 0 Å². The normalized spacial score (nSPS) is 15.9. The maximum Gasteiger partial charge on any atom is 0.318 e. The second-order valence-electron chi connectivity index (χ2n) is 4.95. The Hall–Kier alpha value is -1.43. The van der Waals surface area contributed by atoms with Crippen LogP contribution in [0.2, 0.25) is 0 Å². The Balaban J connectivity index is 2.58. The molecular formula is C13H23N3O3. The topological polar surface area (TPSA) is 83.7 Å². The van der Waals surface area contributed by atoms with Crippen LogP contribution < -0.4 is 5.73 Å². The third-order valence-electron chi connectivity index (χ3n) is 3.62. The van der Waals surface area contributed by atoms with Crippen LogP contribution in [0.15, 0.2) is 0 Å². The van der Waals surface area contributed by atoms with E-state index in [1.54, 1.807) is 7.05 Å². The Bertz CT molecular complexity index is 327. The van der Waals surface area contributed by atoms with Gasteiger partial charge >= 0.3 is 11.8 Å². The van der Waals surface area contributed by atoms with E-state index in [1.807, 2.05) is 0 Å². The molecule has 0 spiro atoms. The number of nitrogens with two attached hydrogens (primary N) is 1. The molecule has 1 rings (SSSR count). The zero-order valence-corrected chi connectivity index (χ0v) is 11.5. The Morgan fingerprint density at radius 2 is 1.84 bits per heavy atom. The fourth-order valence-electron chi connectivity index (χ4n) is 2.37. The van der Waals surface area contributed by atoms with Gasteiger partial charge in [0.15, 0.2) is 0 Å². The van der Waals surface area contributed by atoms with Crippen molar-refractivity contribution in [1.82, 2.24) is 9.80 Å². The molecule has 3 amide bonds. The van der Waals surface area contributed by atoms with Crippen molar-refractivity contribution in [3.05, 3.63) is 0 Å². The zero-order valence-electron chi connectivity index (χ0n) is 11.5. The van der Waals surface area contributed by atoms with Gasteiger partial charge in [-0.1, -0.05) is 19.3 Å². The van der Waals surface area contributed by atoms with Gasteiger partial charge < -0.3 is 10.6 Å². The number of rotatable bonds is 5. The third kappa shape index (κ3) is 4.31. The molecule has 0 bridgehead atoms. The lowest BCUT2D eigenvalue weighted by Gasteiger charge is -2.31. The van der Waals surface area contributed by atoms with Gasteiger partial charge in [-0.15, -0.1) is 0 Å². The standard InChI is InChI=1S/C13H23N3O3/c1-15(11-6-3-2-4-7-11)12(18)13(19)16(10-17)9-5-8-14/h10-11H,2-9,14H2,1H3. The van der Waals surface area contributed by atoms with E-state index in [1.165, 1.54) is 11.3 Å². The van der Waals surface area contributed by atoms with Crippen LogP contribution in [0.25, 0.3) is 0 Å². The molecule has 0 radical (unpaired) electrons. The highest BCUT2D eigenvalue weighted by Crippen LogP contribution is 2.21. The average molecular weight is 269 g/mol. The fraction of sp³-hybridized carbons (Fsp3) is 0.769. The molecule has 0 aromatic carbocycles. The van der Waals surface area contributed by atoms with Gasteiger partial charge in [-0.25, -0.2) is 0 Å². The molecule has 108 valence electrons. The van der Waals surface area contributed by atoms with Crippen LogP contribution in [-0.4, -0.2) is 54.2 Å². The van der Waals surface area contributed by atoms with Crippen molar-refractivity contribution in [2.45, 2.75) is 44.6 Å². The van der Waals surface area contributed by atoms with Gasteiger partial charge in [0.05, 0.1) is 0 Å². The molecule has 6 nitrogen and oxygen atoms in total. The molecule has 1 saturated carbocycles. The smallest absolute Gasteiger partial charge is 0.318 e. The quantitative estimate of drug-likeness (QED) is 0.567. The summed E-state index contributed by atoms with van der Waals surface area (Å²) in [6, 6.07) is 0.119. The van der Waals surface area contributed by atoms with Gasteiger partial charge in [-0.3, -0.25) is 19.3 Å². The second-order valence-corrected chi connectivity index (χ2v) is 4.95. The Morgan fingerprint density at radius 3 is 2.37 bits per heavy atom. The monoisotopic (exact) mass is 269 g/mol. The van der Waals surface area contributed by atoms with E-state index in [2.05, 4.69) is 0 Å². The van der Waals surface area contributed by atoms with Crippen molar-refractivity contribution >= 4 is 18.2 Å². The van der Waals surface area contributed by atoms with E-state index in [0.29, 0.717) is 19.4 Å². The van der Waals surface area contributed by atoms with Gasteiger partial charge in [0.2, 0.25) is 6.41 Å². The Morgan fingerprint density at radius 1 is 1.21 bits per heavy atom. The van der Waals surface area contributed by atoms with Crippen LogP contribution in [0.4, 0.5) is 0 Å². The number of hydrogen-bond acceptors (Lipinski definition) is 4. The van der Waals surface area contributed by atoms with Gasteiger partial charge in [0.25, 0.3) is 0 Å². The summed E-state index contributed by atoms with van der Waals surface area (Å²) in [4.78, 5) is 37.2. The Kier molecular flexibility index (Phi) is 6.49. The molecule has 0 aromatic rings. The van der Waals surface area contributed by atoms with Gasteiger partial charge in [-0.2, -0.15) is 0 Å². The minimum atomic E-state index is -0.753. The SMILES string of the molecule is CN(C(=O)C(=O)N(C=O)CCCN)C1CCCCC1. The maximum atomic E-state index is 12.1. The summed E-state index contributed by atoms with van der Waals surface area (Å²) >= 11 is 0. The van der Waals surface area contributed by atoms with E-state index in [0.717, 1.165) is 30.6 Å². The molecule has 1 aliphatic carbocycles. The first-order valence-corrected chi connectivity index (χ1v) is 6.85. The van der Waals surface area contributed by atoms with Gasteiger partial charge in [0.1, 0.15) is 0 Å². The molecule has 2 N–H and O–H groups in total. The number of likely N-dealkylation sites (N-methyl/N-ethyl adjacent to an activating group) is 1. The predicted molar refractivity (Wildman–Crippen MR) is 71.1 cm³/mol. The van der Waals surface area contributed by atoms with Crippen LogP contribution >= 0.6 is 0 Å². The summed E-state index contributed by atoms with van der Waals surface area (Å²) in [6.45, 7) is 0.577. The third-order valence-corrected chi connectivity index (χ3v) is 3.62. The van der Waals surface area contributed by atoms with Crippen LogP contribution in [0.3, 0.4) is 0 Å². The molecule has 0 saturated heterocycles. The van der Waals surface area contributed by atoms with Crippen molar-refractivity contribution < 1.29 is 14.4 Å². The van der Waals surface area contributed by atoms with Crippen LogP contribution in [0.5, 0.6) is 0 Å². The van der Waals surface area contributed by atoms with Gasteiger partial charge in [-0.05, 0) is 25.8 Å². The number of imide groups is 1. The number of carbonyl (C=O) groups excluding carboxylic acids is 3. The lowest BCUT2D eigenvalue weighted by Crippen LogP contribution is -2.48. The average Bonchev–Trinajstić information content (AvgIpc) is 2.47. The van der Waals surface area contributed by atoms with E-state index in [9.17, 15) is 14.4 Å². The molecule has 1 fully saturated rings. The van der Waals surface area contributed by atoms with Gasteiger partial charge in [0, 0.05) is 19.6 Å². The van der Waals surface area contributed by atoms with Crippen LogP contribution in [0, 0.1) is 0 Å². The summed E-state index contributed by atoms with van der Waals surface area (Å²) < 4.78 is 0. The molecule has 0 aromatic heterocycles. The first-order valence-electron chi connectivity index (χ1n) is 6.85. The highest BCUT2D eigenvalue weighted by molar-refractivity contribution is 6.36. The maximum absolute atomic E-state index is 12.1.